The highest BCUT2D eigenvalue weighted by Crippen LogP contribution is 2.43. The van der Waals surface area contributed by atoms with Crippen molar-refractivity contribution in [3.8, 4) is 5.75 Å². The topological polar surface area (TPSA) is 54.9 Å². The molecule has 2 aromatic rings. The lowest BCUT2D eigenvalue weighted by Gasteiger charge is -2.18. The Labute approximate surface area is 198 Å². The predicted molar refractivity (Wildman–Crippen MR) is 127 cm³/mol. The highest BCUT2D eigenvalue weighted by Gasteiger charge is 2.42. The van der Waals surface area contributed by atoms with Crippen molar-refractivity contribution in [3.05, 3.63) is 64.7 Å². The molecular weight excluding hydrogens is 515 g/mol. The number of nitrogens with one attached hydrogen (secondary N) is 2. The van der Waals surface area contributed by atoms with Crippen molar-refractivity contribution in [2.45, 2.75) is 44.4 Å². The first kappa shape index (κ1) is 23.7. The van der Waals surface area contributed by atoms with E-state index in [1.54, 1.807) is 7.05 Å². The molecule has 8 heteroatoms. The van der Waals surface area contributed by atoms with Gasteiger partial charge in [-0.15, -0.1) is 24.0 Å². The van der Waals surface area contributed by atoms with Crippen LogP contribution in [-0.2, 0) is 11.3 Å². The summed E-state index contributed by atoms with van der Waals surface area (Å²) in [7, 11) is 1.68. The summed E-state index contributed by atoms with van der Waals surface area (Å²) in [5.41, 5.74) is 2.30. The number of aliphatic imine (C=N–C) groups is 1. The van der Waals surface area contributed by atoms with Crippen LogP contribution < -0.4 is 15.4 Å². The maximum atomic E-state index is 14.0. The SMILES string of the molecule is CN=C(NCc1ccc(C)cc1OC1CCOC1)NC1CC1c1c(F)cccc1F.I. The number of halogens is 3. The Morgan fingerprint density at radius 2 is 2.00 bits per heavy atom. The van der Waals surface area contributed by atoms with Crippen LogP contribution in [0.1, 0.15) is 35.4 Å². The van der Waals surface area contributed by atoms with Gasteiger partial charge in [0.2, 0.25) is 0 Å². The molecule has 4 rings (SSSR count). The zero-order chi connectivity index (χ0) is 21.1. The molecule has 1 aliphatic heterocycles. The minimum Gasteiger partial charge on any atom is -0.488 e. The van der Waals surface area contributed by atoms with Gasteiger partial charge in [0.25, 0.3) is 0 Å². The first-order chi connectivity index (χ1) is 14.5. The van der Waals surface area contributed by atoms with Crippen molar-refractivity contribution in [1.82, 2.24) is 10.6 Å². The minimum atomic E-state index is -0.496. The maximum absolute atomic E-state index is 14.0. The highest BCUT2D eigenvalue weighted by atomic mass is 127. The molecule has 5 nitrogen and oxygen atoms in total. The summed E-state index contributed by atoms with van der Waals surface area (Å²) >= 11 is 0. The summed E-state index contributed by atoms with van der Waals surface area (Å²) in [4.78, 5) is 4.25. The normalized spacial score (nSPS) is 22.6. The molecule has 31 heavy (non-hydrogen) atoms. The summed E-state index contributed by atoms with van der Waals surface area (Å²) < 4.78 is 39.6. The van der Waals surface area contributed by atoms with Crippen molar-refractivity contribution in [3.63, 3.8) is 0 Å². The average Bonchev–Trinajstić information content (AvgIpc) is 3.26. The van der Waals surface area contributed by atoms with E-state index in [1.807, 2.05) is 25.1 Å². The quantitative estimate of drug-likeness (QED) is 0.325. The van der Waals surface area contributed by atoms with Crippen LogP contribution >= 0.6 is 24.0 Å². The molecule has 0 amide bonds. The molecule has 168 valence electrons. The molecule has 3 unspecified atom stereocenters. The Morgan fingerprint density at radius 1 is 1.23 bits per heavy atom. The van der Waals surface area contributed by atoms with Gasteiger partial charge in [0.15, 0.2) is 5.96 Å². The third-order valence-corrected chi connectivity index (χ3v) is 5.56. The lowest BCUT2D eigenvalue weighted by Crippen LogP contribution is -2.38. The van der Waals surface area contributed by atoms with E-state index in [1.165, 1.54) is 18.2 Å². The fourth-order valence-corrected chi connectivity index (χ4v) is 3.79. The molecule has 0 radical (unpaired) electrons. The zero-order valence-electron chi connectivity index (χ0n) is 17.7. The van der Waals surface area contributed by atoms with Crippen LogP contribution in [0.2, 0.25) is 0 Å². The van der Waals surface area contributed by atoms with Gasteiger partial charge >= 0.3 is 0 Å². The van der Waals surface area contributed by atoms with Crippen molar-refractivity contribution in [2.75, 3.05) is 20.3 Å². The summed E-state index contributed by atoms with van der Waals surface area (Å²) in [6.45, 7) is 3.89. The second-order valence-electron chi connectivity index (χ2n) is 7.87. The molecule has 1 saturated carbocycles. The molecular formula is C23H28F2IN3O2. The van der Waals surface area contributed by atoms with Gasteiger partial charge in [0.1, 0.15) is 23.5 Å². The molecule has 2 aromatic carbocycles. The number of ether oxygens (including phenoxy) is 2. The lowest BCUT2D eigenvalue weighted by molar-refractivity contribution is 0.140. The van der Waals surface area contributed by atoms with E-state index < -0.39 is 11.6 Å². The summed E-state index contributed by atoms with van der Waals surface area (Å²) in [6, 6.07) is 10.1. The second-order valence-corrected chi connectivity index (χ2v) is 7.87. The average molecular weight is 543 g/mol. The Balaban J connectivity index is 0.00000272. The Morgan fingerprint density at radius 3 is 2.68 bits per heavy atom. The van der Waals surface area contributed by atoms with Crippen LogP contribution in [0, 0.1) is 18.6 Å². The highest BCUT2D eigenvalue weighted by molar-refractivity contribution is 14.0. The maximum Gasteiger partial charge on any atom is 0.191 e. The van der Waals surface area contributed by atoms with Gasteiger partial charge in [-0.3, -0.25) is 4.99 Å². The lowest BCUT2D eigenvalue weighted by atomic mass is 10.1. The third kappa shape index (κ3) is 5.85. The number of guanidine groups is 1. The molecule has 2 fully saturated rings. The Bertz CT molecular complexity index is 915. The third-order valence-electron chi connectivity index (χ3n) is 5.56. The first-order valence-electron chi connectivity index (χ1n) is 10.3. The minimum absolute atomic E-state index is 0. The number of benzene rings is 2. The van der Waals surface area contributed by atoms with Gasteiger partial charge in [-0.05, 0) is 37.1 Å². The molecule has 1 saturated heterocycles. The van der Waals surface area contributed by atoms with Gasteiger partial charge < -0.3 is 20.1 Å². The number of aryl methyl sites for hydroxylation is 1. The van der Waals surface area contributed by atoms with E-state index in [9.17, 15) is 8.78 Å². The van der Waals surface area contributed by atoms with Crippen LogP contribution in [0.25, 0.3) is 0 Å². The standard InChI is InChI=1S/C23H27F2N3O2.HI/c1-14-6-7-15(21(10-14)30-16-8-9-29-13-16)12-27-23(26-2)28-20-11-17(20)22-18(24)4-3-5-19(22)25;/h3-7,10,16-17,20H,8-9,11-13H2,1-2H3,(H2,26,27,28);1H. The molecule has 0 spiro atoms. The van der Waals surface area contributed by atoms with Gasteiger partial charge in [0, 0.05) is 43.1 Å². The van der Waals surface area contributed by atoms with Gasteiger partial charge in [-0.25, -0.2) is 8.78 Å². The van der Waals surface area contributed by atoms with Crippen molar-refractivity contribution >= 4 is 29.9 Å². The van der Waals surface area contributed by atoms with E-state index in [0.29, 0.717) is 25.5 Å². The molecule has 2 aliphatic rings. The molecule has 1 heterocycles. The van der Waals surface area contributed by atoms with E-state index in [2.05, 4.69) is 15.6 Å². The smallest absolute Gasteiger partial charge is 0.191 e. The molecule has 1 aliphatic carbocycles. The van der Waals surface area contributed by atoms with Gasteiger partial charge in [-0.1, -0.05) is 18.2 Å². The van der Waals surface area contributed by atoms with Crippen LogP contribution in [0.4, 0.5) is 8.78 Å². The van der Waals surface area contributed by atoms with Gasteiger partial charge in [-0.2, -0.15) is 0 Å². The van der Waals surface area contributed by atoms with Crippen molar-refractivity contribution in [1.29, 1.82) is 0 Å². The van der Waals surface area contributed by atoms with Crippen molar-refractivity contribution in [2.24, 2.45) is 4.99 Å². The number of hydrogen-bond acceptors (Lipinski definition) is 3. The second kappa shape index (κ2) is 10.6. The van der Waals surface area contributed by atoms with Crippen molar-refractivity contribution < 1.29 is 18.3 Å². The van der Waals surface area contributed by atoms with E-state index in [4.69, 9.17) is 9.47 Å². The number of rotatable bonds is 6. The summed E-state index contributed by atoms with van der Waals surface area (Å²) in [5, 5.41) is 6.55. The molecule has 0 aromatic heterocycles. The Hall–Kier alpha value is -1.94. The fourth-order valence-electron chi connectivity index (χ4n) is 3.79. The van der Waals surface area contributed by atoms with E-state index >= 15 is 0 Å². The van der Waals surface area contributed by atoms with Gasteiger partial charge in [0.05, 0.1) is 13.2 Å². The summed E-state index contributed by atoms with van der Waals surface area (Å²) in [5.74, 6) is 0.251. The van der Waals surface area contributed by atoms with E-state index in [0.717, 1.165) is 29.9 Å². The van der Waals surface area contributed by atoms with E-state index in [-0.39, 0.29) is 47.6 Å². The van der Waals surface area contributed by atoms with Crippen LogP contribution in [-0.4, -0.2) is 38.4 Å². The summed E-state index contributed by atoms with van der Waals surface area (Å²) in [6.07, 6.45) is 1.63. The fraction of sp³-hybridized carbons (Fsp3) is 0.435. The zero-order valence-corrected chi connectivity index (χ0v) is 20.0. The molecule has 2 N–H and O–H groups in total. The monoisotopic (exact) mass is 543 g/mol. The van der Waals surface area contributed by atoms with Crippen LogP contribution in [0.3, 0.4) is 0 Å². The predicted octanol–water partition coefficient (Wildman–Crippen LogP) is 4.28. The number of hydrogen-bond donors (Lipinski definition) is 2. The molecule has 0 bridgehead atoms. The number of nitrogens with zero attached hydrogens (tertiary/aromatic N) is 1. The first-order valence-corrected chi connectivity index (χ1v) is 10.3. The molecule has 3 atom stereocenters. The largest absolute Gasteiger partial charge is 0.488 e. The van der Waals surface area contributed by atoms with Crippen LogP contribution in [0.15, 0.2) is 41.4 Å². The van der Waals surface area contributed by atoms with Crippen LogP contribution in [0.5, 0.6) is 5.75 Å². The Kier molecular flexibility index (Phi) is 8.10.